The first-order valence-corrected chi connectivity index (χ1v) is 3.29. The summed E-state index contributed by atoms with van der Waals surface area (Å²) in [5.74, 6) is 2.59. The molecule has 0 amide bonds. The van der Waals surface area contributed by atoms with Crippen molar-refractivity contribution in [1.29, 1.82) is 0 Å². The highest BCUT2D eigenvalue weighted by atomic mass is 14.7. The maximum Gasteiger partial charge on any atom is 0.0385 e. The third-order valence-corrected chi connectivity index (χ3v) is 1.04. The van der Waals surface area contributed by atoms with E-state index < -0.39 is 0 Å². The first-order valence-electron chi connectivity index (χ1n) is 3.29. The average molecular weight is 123 g/mol. The maximum atomic E-state index is 5.05. The van der Waals surface area contributed by atoms with Crippen LogP contribution in [0, 0.1) is 12.3 Å². The zero-order valence-corrected chi connectivity index (χ0v) is 5.93. The van der Waals surface area contributed by atoms with E-state index in [1.807, 2.05) is 13.1 Å². The number of hydrogen-bond acceptors (Lipinski definition) is 1. The molecule has 0 radical (unpaired) electrons. The van der Waals surface area contributed by atoms with E-state index in [0.29, 0.717) is 0 Å². The van der Waals surface area contributed by atoms with Crippen molar-refractivity contribution in [3.05, 3.63) is 0 Å². The summed E-state index contributed by atoms with van der Waals surface area (Å²) in [6, 6.07) is 0. The van der Waals surface area contributed by atoms with Crippen molar-refractivity contribution in [2.24, 2.45) is 4.99 Å². The highest BCUT2D eigenvalue weighted by Gasteiger charge is 1.80. The number of hydrogen-bond donors (Lipinski definition) is 0. The SMILES string of the molecule is C#CCCCC/N=C/C. The predicted octanol–water partition coefficient (Wildman–Crippen LogP) is 1.88. The van der Waals surface area contributed by atoms with Crippen LogP contribution in [-0.4, -0.2) is 12.8 Å². The molecule has 0 aromatic heterocycles. The lowest BCUT2D eigenvalue weighted by atomic mass is 10.2. The van der Waals surface area contributed by atoms with Gasteiger partial charge < -0.3 is 0 Å². The molecule has 0 aliphatic carbocycles. The molecular weight excluding hydrogens is 110 g/mol. The summed E-state index contributed by atoms with van der Waals surface area (Å²) in [5, 5.41) is 0. The predicted molar refractivity (Wildman–Crippen MR) is 41.7 cm³/mol. The molecule has 0 N–H and O–H groups in total. The average Bonchev–Trinajstić information content (AvgIpc) is 1.89. The monoisotopic (exact) mass is 123 g/mol. The molecule has 0 aliphatic heterocycles. The standard InChI is InChI=1S/C8H13N/c1-3-5-6-7-8-9-4-2/h1,4H,5-8H2,2H3/b9-4+. The van der Waals surface area contributed by atoms with E-state index in [0.717, 1.165) is 25.8 Å². The van der Waals surface area contributed by atoms with Gasteiger partial charge in [0.05, 0.1) is 0 Å². The molecule has 0 heterocycles. The quantitative estimate of drug-likeness (QED) is 0.307. The van der Waals surface area contributed by atoms with E-state index in [4.69, 9.17) is 6.42 Å². The van der Waals surface area contributed by atoms with Gasteiger partial charge in [0.1, 0.15) is 0 Å². The first kappa shape index (κ1) is 8.23. The molecule has 0 saturated carbocycles. The van der Waals surface area contributed by atoms with Gasteiger partial charge in [-0.2, -0.15) is 0 Å². The van der Waals surface area contributed by atoms with Gasteiger partial charge in [-0.25, -0.2) is 0 Å². The Kier molecular flexibility index (Phi) is 6.61. The molecule has 0 aliphatic rings. The van der Waals surface area contributed by atoms with Gasteiger partial charge in [-0.3, -0.25) is 4.99 Å². The summed E-state index contributed by atoms with van der Waals surface area (Å²) in [7, 11) is 0. The van der Waals surface area contributed by atoms with Crippen molar-refractivity contribution in [2.45, 2.75) is 26.2 Å². The molecule has 0 bridgehead atoms. The summed E-state index contributed by atoms with van der Waals surface area (Å²) in [6.07, 6.45) is 10.00. The number of nitrogens with zero attached hydrogens (tertiary/aromatic N) is 1. The molecule has 0 unspecified atom stereocenters. The number of terminal acetylenes is 1. The van der Waals surface area contributed by atoms with Crippen molar-refractivity contribution < 1.29 is 0 Å². The Morgan fingerprint density at radius 1 is 1.56 bits per heavy atom. The Morgan fingerprint density at radius 2 is 2.33 bits per heavy atom. The van der Waals surface area contributed by atoms with E-state index in [9.17, 15) is 0 Å². The van der Waals surface area contributed by atoms with Gasteiger partial charge in [0.2, 0.25) is 0 Å². The summed E-state index contributed by atoms with van der Waals surface area (Å²) in [4.78, 5) is 4.05. The zero-order valence-electron chi connectivity index (χ0n) is 5.93. The lowest BCUT2D eigenvalue weighted by Gasteiger charge is -1.89. The Labute approximate surface area is 57.2 Å². The van der Waals surface area contributed by atoms with Crippen molar-refractivity contribution in [3.63, 3.8) is 0 Å². The van der Waals surface area contributed by atoms with E-state index >= 15 is 0 Å². The maximum absolute atomic E-state index is 5.05. The molecule has 0 aromatic rings. The van der Waals surface area contributed by atoms with Crippen molar-refractivity contribution >= 4 is 6.21 Å². The highest BCUT2D eigenvalue weighted by Crippen LogP contribution is 1.92. The zero-order chi connectivity index (χ0) is 6.95. The van der Waals surface area contributed by atoms with Crippen LogP contribution in [0.1, 0.15) is 26.2 Å². The summed E-state index contributed by atoms with van der Waals surface area (Å²) >= 11 is 0. The lowest BCUT2D eigenvalue weighted by Crippen LogP contribution is -1.79. The van der Waals surface area contributed by atoms with Gasteiger partial charge in [0.25, 0.3) is 0 Å². The summed E-state index contributed by atoms with van der Waals surface area (Å²) < 4.78 is 0. The molecule has 9 heavy (non-hydrogen) atoms. The van der Waals surface area contributed by atoms with E-state index in [-0.39, 0.29) is 0 Å². The van der Waals surface area contributed by atoms with Crippen LogP contribution in [0.5, 0.6) is 0 Å². The van der Waals surface area contributed by atoms with Crippen LogP contribution in [0.25, 0.3) is 0 Å². The molecule has 0 atom stereocenters. The lowest BCUT2D eigenvalue weighted by molar-refractivity contribution is 0.770. The number of rotatable bonds is 4. The fourth-order valence-electron chi connectivity index (χ4n) is 0.559. The van der Waals surface area contributed by atoms with Crippen molar-refractivity contribution in [2.75, 3.05) is 6.54 Å². The van der Waals surface area contributed by atoms with Crippen molar-refractivity contribution in [1.82, 2.24) is 0 Å². The fourth-order valence-corrected chi connectivity index (χ4v) is 0.559. The van der Waals surface area contributed by atoms with E-state index in [1.165, 1.54) is 0 Å². The fraction of sp³-hybridized carbons (Fsp3) is 0.625. The van der Waals surface area contributed by atoms with Crippen LogP contribution in [0.2, 0.25) is 0 Å². The molecule has 50 valence electrons. The molecule has 0 rings (SSSR count). The second-order valence-electron chi connectivity index (χ2n) is 1.83. The second kappa shape index (κ2) is 7.23. The Morgan fingerprint density at radius 3 is 2.89 bits per heavy atom. The highest BCUT2D eigenvalue weighted by molar-refractivity contribution is 5.53. The Hall–Kier alpha value is -0.770. The number of aliphatic imine (C=N–C) groups is 1. The molecule has 1 heteroatoms. The van der Waals surface area contributed by atoms with Crippen LogP contribution in [0.3, 0.4) is 0 Å². The topological polar surface area (TPSA) is 12.4 Å². The third kappa shape index (κ3) is 7.23. The van der Waals surface area contributed by atoms with Gasteiger partial charge in [0, 0.05) is 13.0 Å². The molecule has 0 fully saturated rings. The van der Waals surface area contributed by atoms with Gasteiger partial charge >= 0.3 is 0 Å². The molecule has 0 aromatic carbocycles. The van der Waals surface area contributed by atoms with Gasteiger partial charge in [0.15, 0.2) is 0 Å². The van der Waals surface area contributed by atoms with Crippen LogP contribution in [0.4, 0.5) is 0 Å². The van der Waals surface area contributed by atoms with Crippen molar-refractivity contribution in [3.8, 4) is 12.3 Å². The summed E-state index contributed by atoms with van der Waals surface area (Å²) in [6.45, 7) is 2.86. The van der Waals surface area contributed by atoms with Gasteiger partial charge in [-0.1, -0.05) is 0 Å². The van der Waals surface area contributed by atoms with E-state index in [1.54, 1.807) is 0 Å². The van der Waals surface area contributed by atoms with Crippen LogP contribution < -0.4 is 0 Å². The van der Waals surface area contributed by atoms with Crippen LogP contribution >= 0.6 is 0 Å². The molecular formula is C8H13N. The van der Waals surface area contributed by atoms with Gasteiger partial charge in [-0.05, 0) is 26.0 Å². The van der Waals surface area contributed by atoms with Crippen LogP contribution in [-0.2, 0) is 0 Å². The third-order valence-electron chi connectivity index (χ3n) is 1.04. The number of unbranched alkanes of at least 4 members (excludes halogenated alkanes) is 2. The minimum Gasteiger partial charge on any atom is -0.298 e. The molecule has 0 saturated heterocycles. The summed E-state index contributed by atoms with van der Waals surface area (Å²) in [5.41, 5.74) is 0. The minimum atomic E-state index is 0.888. The first-order chi connectivity index (χ1) is 4.41. The second-order valence-corrected chi connectivity index (χ2v) is 1.83. The van der Waals surface area contributed by atoms with Crippen LogP contribution in [0.15, 0.2) is 4.99 Å². The molecule has 1 nitrogen and oxygen atoms in total. The van der Waals surface area contributed by atoms with E-state index in [2.05, 4.69) is 10.9 Å². The Balaban J connectivity index is 2.85. The largest absolute Gasteiger partial charge is 0.298 e. The van der Waals surface area contributed by atoms with Gasteiger partial charge in [-0.15, -0.1) is 12.3 Å². The smallest absolute Gasteiger partial charge is 0.0385 e. The normalized spacial score (nSPS) is 9.78. The Bertz CT molecular complexity index is 108. The molecule has 0 spiro atoms. The minimum absolute atomic E-state index is 0.888.